The molecule has 0 saturated carbocycles. The minimum absolute atomic E-state index is 0.831. The first-order valence-electron chi connectivity index (χ1n) is 10.3. The van der Waals surface area contributed by atoms with E-state index in [2.05, 4.69) is 41.0 Å². The predicted octanol–water partition coefficient (Wildman–Crippen LogP) is 5.10. The minimum atomic E-state index is 0.831. The molecule has 4 nitrogen and oxygen atoms in total. The first kappa shape index (κ1) is 18.8. The van der Waals surface area contributed by atoms with Gasteiger partial charge in [-0.05, 0) is 69.0 Å². The van der Waals surface area contributed by atoms with Crippen LogP contribution in [0.15, 0.2) is 54.6 Å². The topological polar surface area (TPSA) is 46.2 Å². The molecular formula is C24H29N3O. The first-order chi connectivity index (χ1) is 13.8. The number of nitrogens with zero attached hydrogens (tertiary/aromatic N) is 1. The molecule has 1 aromatic heterocycles. The van der Waals surface area contributed by atoms with Crippen molar-refractivity contribution in [1.29, 1.82) is 0 Å². The van der Waals surface area contributed by atoms with Crippen LogP contribution in [0.25, 0.3) is 22.2 Å². The number of anilines is 1. The summed E-state index contributed by atoms with van der Waals surface area (Å²) < 4.78 is 5.38. The van der Waals surface area contributed by atoms with Crippen molar-refractivity contribution in [2.75, 3.05) is 32.1 Å². The molecule has 1 aliphatic heterocycles. The molecule has 0 spiro atoms. The van der Waals surface area contributed by atoms with Gasteiger partial charge in [-0.3, -0.25) is 0 Å². The van der Waals surface area contributed by atoms with Crippen molar-refractivity contribution in [2.24, 2.45) is 5.92 Å². The Bertz CT molecular complexity index is 919. The van der Waals surface area contributed by atoms with Crippen molar-refractivity contribution >= 4 is 16.6 Å². The van der Waals surface area contributed by atoms with Gasteiger partial charge in [-0.15, -0.1) is 0 Å². The van der Waals surface area contributed by atoms with E-state index in [1.165, 1.54) is 44.2 Å². The summed E-state index contributed by atoms with van der Waals surface area (Å²) in [6.45, 7) is 3.35. The van der Waals surface area contributed by atoms with E-state index in [4.69, 9.17) is 9.72 Å². The Labute approximate surface area is 167 Å². The van der Waals surface area contributed by atoms with E-state index in [0.717, 1.165) is 40.7 Å². The van der Waals surface area contributed by atoms with Gasteiger partial charge in [-0.1, -0.05) is 30.3 Å². The second-order valence-corrected chi connectivity index (χ2v) is 7.59. The van der Waals surface area contributed by atoms with Crippen LogP contribution >= 0.6 is 0 Å². The van der Waals surface area contributed by atoms with Crippen molar-refractivity contribution < 1.29 is 4.74 Å². The van der Waals surface area contributed by atoms with Gasteiger partial charge < -0.3 is 15.4 Å². The lowest BCUT2D eigenvalue weighted by atomic mass is 9.95. The molecule has 1 aliphatic rings. The molecule has 0 bridgehead atoms. The maximum atomic E-state index is 5.38. The fourth-order valence-electron chi connectivity index (χ4n) is 4.04. The molecule has 1 saturated heterocycles. The van der Waals surface area contributed by atoms with Crippen LogP contribution in [0.4, 0.5) is 5.69 Å². The molecule has 146 valence electrons. The Morgan fingerprint density at radius 3 is 2.93 bits per heavy atom. The van der Waals surface area contributed by atoms with Crippen LogP contribution in [0.1, 0.15) is 25.7 Å². The summed E-state index contributed by atoms with van der Waals surface area (Å²) in [5, 5.41) is 8.36. The molecule has 28 heavy (non-hydrogen) atoms. The zero-order chi connectivity index (χ0) is 19.2. The number of pyridine rings is 1. The summed E-state index contributed by atoms with van der Waals surface area (Å²) in [6, 6.07) is 18.6. The maximum Gasteiger partial charge on any atom is 0.119 e. The maximum absolute atomic E-state index is 5.38. The number of methoxy groups -OCH3 is 1. The van der Waals surface area contributed by atoms with Gasteiger partial charge in [0.05, 0.1) is 18.3 Å². The van der Waals surface area contributed by atoms with E-state index in [0.29, 0.717) is 0 Å². The second kappa shape index (κ2) is 9.07. The normalized spacial score (nSPS) is 16.8. The van der Waals surface area contributed by atoms with Crippen molar-refractivity contribution in [1.82, 2.24) is 10.3 Å². The van der Waals surface area contributed by atoms with Gasteiger partial charge in [0.2, 0.25) is 0 Å². The number of rotatable bonds is 7. The Morgan fingerprint density at radius 1 is 1.14 bits per heavy atom. The van der Waals surface area contributed by atoms with Gasteiger partial charge in [0.25, 0.3) is 0 Å². The van der Waals surface area contributed by atoms with E-state index >= 15 is 0 Å². The highest BCUT2D eigenvalue weighted by Gasteiger charge is 2.12. The number of ether oxygens (including phenoxy) is 1. The van der Waals surface area contributed by atoms with Crippen LogP contribution < -0.4 is 15.4 Å². The highest BCUT2D eigenvalue weighted by atomic mass is 16.5. The number of fused-ring (bicyclic) bond motifs is 1. The molecule has 1 fully saturated rings. The van der Waals surface area contributed by atoms with Crippen LogP contribution in [0.3, 0.4) is 0 Å². The van der Waals surface area contributed by atoms with E-state index in [1.54, 1.807) is 7.11 Å². The number of para-hydroxylation sites is 1. The lowest BCUT2D eigenvalue weighted by Crippen LogP contribution is -2.29. The van der Waals surface area contributed by atoms with Crippen molar-refractivity contribution in [3.8, 4) is 17.0 Å². The van der Waals surface area contributed by atoms with E-state index in [9.17, 15) is 0 Å². The minimum Gasteiger partial charge on any atom is -0.497 e. The first-order valence-corrected chi connectivity index (χ1v) is 10.3. The Hall–Kier alpha value is -2.59. The SMILES string of the molecule is COc1cccc(-c2cc(NCCCC3CCCNC3)c3ccccc3n2)c1. The van der Waals surface area contributed by atoms with Gasteiger partial charge >= 0.3 is 0 Å². The zero-order valence-corrected chi connectivity index (χ0v) is 16.6. The average Bonchev–Trinajstić information content (AvgIpc) is 2.77. The van der Waals surface area contributed by atoms with Crippen molar-refractivity contribution in [3.05, 3.63) is 54.6 Å². The number of hydrogen-bond donors (Lipinski definition) is 2. The average molecular weight is 376 g/mol. The second-order valence-electron chi connectivity index (χ2n) is 7.59. The van der Waals surface area contributed by atoms with Crippen LogP contribution in [0.2, 0.25) is 0 Å². The predicted molar refractivity (Wildman–Crippen MR) is 117 cm³/mol. The molecule has 2 N–H and O–H groups in total. The molecule has 4 heteroatoms. The lowest BCUT2D eigenvalue weighted by Gasteiger charge is -2.22. The summed E-state index contributed by atoms with van der Waals surface area (Å²) in [7, 11) is 1.70. The lowest BCUT2D eigenvalue weighted by molar-refractivity contribution is 0.353. The molecule has 1 atom stereocenters. The number of aromatic nitrogens is 1. The molecule has 0 radical (unpaired) electrons. The van der Waals surface area contributed by atoms with Crippen molar-refractivity contribution in [2.45, 2.75) is 25.7 Å². The van der Waals surface area contributed by atoms with Crippen LogP contribution in [-0.2, 0) is 0 Å². The van der Waals surface area contributed by atoms with Gasteiger partial charge in [-0.2, -0.15) is 0 Å². The van der Waals surface area contributed by atoms with Gasteiger partial charge in [0, 0.05) is 23.2 Å². The third-order valence-corrected chi connectivity index (χ3v) is 5.59. The van der Waals surface area contributed by atoms with Gasteiger partial charge in [-0.25, -0.2) is 4.98 Å². The van der Waals surface area contributed by atoms with Crippen molar-refractivity contribution in [3.63, 3.8) is 0 Å². The molecule has 2 aromatic carbocycles. The number of nitrogens with one attached hydrogen (secondary N) is 2. The van der Waals surface area contributed by atoms with Crippen LogP contribution in [0, 0.1) is 5.92 Å². The fraction of sp³-hybridized carbons (Fsp3) is 0.375. The van der Waals surface area contributed by atoms with E-state index < -0.39 is 0 Å². The number of piperidine rings is 1. The molecule has 3 aromatic rings. The zero-order valence-electron chi connectivity index (χ0n) is 16.6. The van der Waals surface area contributed by atoms with Gasteiger partial charge in [0.1, 0.15) is 5.75 Å². The summed E-state index contributed by atoms with van der Waals surface area (Å²) in [6.07, 6.45) is 5.16. The largest absolute Gasteiger partial charge is 0.497 e. The van der Waals surface area contributed by atoms with E-state index in [-0.39, 0.29) is 0 Å². The highest BCUT2D eigenvalue weighted by molar-refractivity contribution is 5.93. The quantitative estimate of drug-likeness (QED) is 0.564. The third-order valence-electron chi connectivity index (χ3n) is 5.59. The number of benzene rings is 2. The summed E-state index contributed by atoms with van der Waals surface area (Å²) >= 11 is 0. The smallest absolute Gasteiger partial charge is 0.119 e. The van der Waals surface area contributed by atoms with E-state index in [1.807, 2.05) is 24.3 Å². The summed E-state index contributed by atoms with van der Waals surface area (Å²) in [5.74, 6) is 1.68. The summed E-state index contributed by atoms with van der Waals surface area (Å²) in [4.78, 5) is 4.88. The highest BCUT2D eigenvalue weighted by Crippen LogP contribution is 2.30. The van der Waals surface area contributed by atoms with Crippen LogP contribution in [-0.4, -0.2) is 31.7 Å². The molecule has 4 rings (SSSR count). The number of hydrogen-bond acceptors (Lipinski definition) is 4. The molecule has 0 amide bonds. The Kier molecular flexibility index (Phi) is 6.07. The summed E-state index contributed by atoms with van der Waals surface area (Å²) in [5.41, 5.74) is 4.21. The molecular weight excluding hydrogens is 346 g/mol. The Balaban J connectivity index is 1.52. The Morgan fingerprint density at radius 2 is 2.07 bits per heavy atom. The molecule has 1 unspecified atom stereocenters. The fourth-order valence-corrected chi connectivity index (χ4v) is 4.04. The third kappa shape index (κ3) is 4.45. The molecule has 0 aliphatic carbocycles. The molecule has 2 heterocycles. The van der Waals surface area contributed by atoms with Gasteiger partial charge in [0.15, 0.2) is 0 Å². The van der Waals surface area contributed by atoms with Crippen LogP contribution in [0.5, 0.6) is 5.75 Å². The standard InChI is InChI=1S/C24H29N3O/c1-28-20-10-4-9-19(15-20)23-16-24(21-11-2-3-12-22(21)27-23)26-14-6-8-18-7-5-13-25-17-18/h2-4,9-12,15-16,18,25H,5-8,13-14,17H2,1H3,(H,26,27). The monoisotopic (exact) mass is 375 g/mol.